The first-order chi connectivity index (χ1) is 16.2. The minimum absolute atomic E-state index is 0.126. The van der Waals surface area contributed by atoms with Crippen LogP contribution in [0.25, 0.3) is 10.7 Å². The van der Waals surface area contributed by atoms with Gasteiger partial charge in [0, 0.05) is 42.3 Å². The molecule has 6 heteroatoms. The van der Waals surface area contributed by atoms with Gasteiger partial charge in [-0.1, -0.05) is 65.7 Å². The third kappa shape index (κ3) is 6.45. The second-order valence-electron chi connectivity index (χ2n) is 11.9. The molecule has 1 unspecified atom stereocenters. The highest BCUT2D eigenvalue weighted by Gasteiger charge is 2.47. The first kappa shape index (κ1) is 25.7. The van der Waals surface area contributed by atoms with Crippen LogP contribution in [0.4, 0.5) is 0 Å². The largest absolute Gasteiger partial charge is 0.368 e. The Hall–Kier alpha value is -1.34. The second-order valence-corrected chi connectivity index (χ2v) is 13.1. The lowest BCUT2D eigenvalue weighted by Gasteiger charge is -2.51. The average molecular weight is 486 g/mol. The van der Waals surface area contributed by atoms with E-state index < -0.39 is 11.7 Å². The summed E-state index contributed by atoms with van der Waals surface area (Å²) in [4.78, 5) is 13.6. The van der Waals surface area contributed by atoms with Crippen LogP contribution in [-0.4, -0.2) is 44.5 Å². The summed E-state index contributed by atoms with van der Waals surface area (Å²) >= 11 is 1.74. The molecule has 3 heterocycles. The fourth-order valence-corrected chi connectivity index (χ4v) is 7.09. The van der Waals surface area contributed by atoms with Crippen molar-refractivity contribution in [2.45, 2.75) is 91.4 Å². The summed E-state index contributed by atoms with van der Waals surface area (Å²) < 4.78 is 0. The molecule has 1 saturated heterocycles. The van der Waals surface area contributed by atoms with Crippen molar-refractivity contribution in [3.63, 3.8) is 0 Å². The van der Waals surface area contributed by atoms with E-state index in [1.807, 2.05) is 6.07 Å². The molecule has 2 aromatic heterocycles. The average Bonchev–Trinajstić information content (AvgIpc) is 3.28. The van der Waals surface area contributed by atoms with E-state index in [4.69, 9.17) is 0 Å². The number of aliphatic hydroxyl groups excluding tert-OH is 1. The van der Waals surface area contributed by atoms with E-state index >= 15 is 0 Å². The van der Waals surface area contributed by atoms with Crippen molar-refractivity contribution in [2.75, 3.05) is 13.1 Å². The summed E-state index contributed by atoms with van der Waals surface area (Å²) in [5, 5.41) is 21.4. The van der Waals surface area contributed by atoms with Gasteiger partial charge in [0.15, 0.2) is 12.1 Å². The predicted octanol–water partition coefficient (Wildman–Crippen LogP) is 6.12. The van der Waals surface area contributed by atoms with E-state index in [9.17, 15) is 10.2 Å². The van der Waals surface area contributed by atoms with Crippen LogP contribution in [0.1, 0.15) is 83.4 Å². The molecular formula is C28H43N3O2S. The van der Waals surface area contributed by atoms with Gasteiger partial charge >= 0.3 is 0 Å². The Bertz CT molecular complexity index is 889. The topological polar surface area (TPSA) is 69.5 Å². The number of likely N-dealkylation sites (tertiary alicyclic amines) is 1. The Balaban J connectivity index is 1.47. The molecule has 5 nitrogen and oxygen atoms in total. The molecule has 2 aromatic rings. The zero-order chi connectivity index (χ0) is 24.2. The number of aliphatic hydroxyl groups is 2. The number of rotatable bonds is 8. The van der Waals surface area contributed by atoms with Gasteiger partial charge in [0.05, 0.1) is 4.88 Å². The molecular weight excluding hydrogens is 442 g/mol. The normalized spacial score (nSPS) is 25.2. The van der Waals surface area contributed by atoms with E-state index in [2.05, 4.69) is 47.8 Å². The van der Waals surface area contributed by atoms with E-state index in [1.165, 1.54) is 43.4 Å². The van der Waals surface area contributed by atoms with Crippen LogP contribution in [0, 0.1) is 22.7 Å². The number of piperidine rings is 1. The van der Waals surface area contributed by atoms with Gasteiger partial charge in [-0.15, -0.1) is 11.3 Å². The van der Waals surface area contributed by atoms with Crippen molar-refractivity contribution in [1.29, 1.82) is 0 Å². The summed E-state index contributed by atoms with van der Waals surface area (Å²) in [6, 6.07) is 6.13. The summed E-state index contributed by atoms with van der Waals surface area (Å²) in [5.41, 5.74) is -0.325. The number of thiophene rings is 1. The molecule has 0 radical (unpaired) electrons. The molecule has 0 amide bonds. The molecule has 0 aromatic carbocycles. The van der Waals surface area contributed by atoms with Gasteiger partial charge in [0.25, 0.3) is 0 Å². The summed E-state index contributed by atoms with van der Waals surface area (Å²) in [7, 11) is 0. The predicted molar refractivity (Wildman–Crippen MR) is 139 cm³/mol. The van der Waals surface area contributed by atoms with Crippen LogP contribution in [-0.2, 0) is 6.54 Å². The maximum atomic E-state index is 10.7. The van der Waals surface area contributed by atoms with Gasteiger partial charge in [-0.2, -0.15) is 0 Å². The van der Waals surface area contributed by atoms with Gasteiger partial charge < -0.3 is 10.2 Å². The number of hydrogen-bond acceptors (Lipinski definition) is 6. The lowest BCUT2D eigenvalue weighted by Crippen LogP contribution is -2.54. The van der Waals surface area contributed by atoms with Crippen LogP contribution in [0.2, 0.25) is 0 Å². The van der Waals surface area contributed by atoms with E-state index in [0.717, 1.165) is 55.5 Å². The Morgan fingerprint density at radius 2 is 1.85 bits per heavy atom. The fourth-order valence-electron chi connectivity index (χ4n) is 6.09. The maximum absolute atomic E-state index is 10.7. The zero-order valence-electron chi connectivity index (χ0n) is 21.2. The number of nitrogens with zero attached hydrogens (tertiary/aromatic N) is 3. The van der Waals surface area contributed by atoms with Crippen molar-refractivity contribution >= 4 is 11.3 Å². The lowest BCUT2D eigenvalue weighted by atomic mass is 9.64. The molecule has 1 aliphatic carbocycles. The van der Waals surface area contributed by atoms with Gasteiger partial charge in [0.2, 0.25) is 0 Å². The van der Waals surface area contributed by atoms with Crippen LogP contribution < -0.4 is 0 Å². The Morgan fingerprint density at radius 1 is 1.12 bits per heavy atom. The highest BCUT2D eigenvalue weighted by Crippen LogP contribution is 2.46. The molecule has 2 aliphatic rings. The van der Waals surface area contributed by atoms with Crippen molar-refractivity contribution in [3.8, 4) is 10.7 Å². The number of hydrogen-bond donors (Lipinski definition) is 2. The van der Waals surface area contributed by atoms with E-state index in [1.54, 1.807) is 23.7 Å². The van der Waals surface area contributed by atoms with E-state index in [0.29, 0.717) is 5.92 Å². The minimum Gasteiger partial charge on any atom is -0.368 e. The summed E-state index contributed by atoms with van der Waals surface area (Å²) in [6.45, 7) is 9.48. The SMILES string of the molecule is CC(C)(C)C1CN(Cc2ccc(-c3ncccn3)s2)C[C@](CCCC2CCCCC2)(C(O)O)C1. The Morgan fingerprint density at radius 3 is 2.53 bits per heavy atom. The van der Waals surface area contributed by atoms with Crippen LogP contribution >= 0.6 is 11.3 Å². The van der Waals surface area contributed by atoms with Crippen LogP contribution in [0.3, 0.4) is 0 Å². The monoisotopic (exact) mass is 485 g/mol. The van der Waals surface area contributed by atoms with Crippen molar-refractivity contribution < 1.29 is 10.2 Å². The third-order valence-corrected chi connectivity index (χ3v) is 9.35. The van der Waals surface area contributed by atoms with Crippen molar-refractivity contribution in [1.82, 2.24) is 14.9 Å². The molecule has 0 bridgehead atoms. The molecule has 2 atom stereocenters. The van der Waals surface area contributed by atoms with Gasteiger partial charge in [-0.05, 0) is 48.3 Å². The second kappa shape index (κ2) is 11.2. The van der Waals surface area contributed by atoms with Crippen molar-refractivity contribution in [2.24, 2.45) is 22.7 Å². The van der Waals surface area contributed by atoms with Gasteiger partial charge in [0.1, 0.15) is 0 Å². The van der Waals surface area contributed by atoms with Crippen LogP contribution in [0.5, 0.6) is 0 Å². The molecule has 0 spiro atoms. The maximum Gasteiger partial charge on any atom is 0.169 e. The highest BCUT2D eigenvalue weighted by molar-refractivity contribution is 7.15. The van der Waals surface area contributed by atoms with E-state index in [-0.39, 0.29) is 5.41 Å². The molecule has 1 aliphatic heterocycles. The molecule has 1 saturated carbocycles. The first-order valence-electron chi connectivity index (χ1n) is 13.2. The van der Waals surface area contributed by atoms with Crippen LogP contribution in [0.15, 0.2) is 30.6 Å². The molecule has 188 valence electrons. The highest BCUT2D eigenvalue weighted by atomic mass is 32.1. The van der Waals surface area contributed by atoms with Gasteiger partial charge in [-0.25, -0.2) is 9.97 Å². The third-order valence-electron chi connectivity index (χ3n) is 8.28. The first-order valence-corrected chi connectivity index (χ1v) is 14.0. The molecule has 2 N–H and O–H groups in total. The molecule has 34 heavy (non-hydrogen) atoms. The summed E-state index contributed by atoms with van der Waals surface area (Å²) in [5.74, 6) is 2.03. The zero-order valence-corrected chi connectivity index (χ0v) is 22.1. The minimum atomic E-state index is -1.27. The lowest BCUT2D eigenvalue weighted by molar-refractivity contribution is -0.177. The van der Waals surface area contributed by atoms with Gasteiger partial charge in [-0.3, -0.25) is 4.90 Å². The number of aromatic nitrogens is 2. The quantitative estimate of drug-likeness (QED) is 0.441. The Kier molecular flexibility index (Phi) is 8.44. The Labute approximate surface area is 209 Å². The summed E-state index contributed by atoms with van der Waals surface area (Å²) in [6.07, 6.45) is 13.3. The van der Waals surface area contributed by atoms with Crippen molar-refractivity contribution in [3.05, 3.63) is 35.5 Å². The molecule has 2 fully saturated rings. The molecule has 4 rings (SSSR count). The smallest absolute Gasteiger partial charge is 0.169 e. The fraction of sp³-hybridized carbons (Fsp3) is 0.714. The standard InChI is InChI=1S/C28H43N3O2S/c1-27(2,3)22-17-28(26(32)33,14-7-11-21-9-5-4-6-10-21)20-31(18-22)19-23-12-13-24(34-23)25-29-15-8-16-30-25/h8,12-13,15-16,21-22,26,32-33H,4-7,9-11,14,17-20H2,1-3H3/t22?,28-/m1/s1.